The fourth-order valence-corrected chi connectivity index (χ4v) is 3.07. The van der Waals surface area contributed by atoms with Crippen molar-refractivity contribution in [1.29, 1.82) is 0 Å². The van der Waals surface area contributed by atoms with Crippen molar-refractivity contribution in [2.24, 2.45) is 0 Å². The van der Waals surface area contributed by atoms with E-state index in [1.807, 2.05) is 4.90 Å². The zero-order valence-corrected chi connectivity index (χ0v) is 13.3. The van der Waals surface area contributed by atoms with Crippen LogP contribution in [-0.4, -0.2) is 72.8 Å². The number of amides is 3. The second-order valence-electron chi connectivity index (χ2n) is 5.97. The molecule has 0 aliphatic carbocycles. The van der Waals surface area contributed by atoms with E-state index in [9.17, 15) is 14.4 Å². The molecule has 2 rings (SSSR count). The van der Waals surface area contributed by atoms with Crippen molar-refractivity contribution in [3.63, 3.8) is 0 Å². The zero-order chi connectivity index (χ0) is 15.9. The second-order valence-corrected chi connectivity index (χ2v) is 5.97. The molecule has 2 fully saturated rings. The third kappa shape index (κ3) is 4.69. The van der Waals surface area contributed by atoms with Crippen molar-refractivity contribution in [1.82, 2.24) is 20.4 Å². The minimum atomic E-state index is -0.0850. The monoisotopic (exact) mass is 310 g/mol. The molecule has 0 saturated carbocycles. The van der Waals surface area contributed by atoms with Gasteiger partial charge in [0.15, 0.2) is 0 Å². The summed E-state index contributed by atoms with van der Waals surface area (Å²) in [5, 5.41) is 5.97. The van der Waals surface area contributed by atoms with Crippen LogP contribution in [0.1, 0.15) is 32.6 Å². The predicted molar refractivity (Wildman–Crippen MR) is 82.1 cm³/mol. The van der Waals surface area contributed by atoms with E-state index in [0.29, 0.717) is 38.5 Å². The molecular formula is C15H26N4O3. The van der Waals surface area contributed by atoms with Crippen molar-refractivity contribution in [2.75, 3.05) is 39.3 Å². The normalized spacial score (nSPS) is 20.1. The molecule has 2 saturated heterocycles. The molecule has 124 valence electrons. The Bertz CT molecular complexity index is 421. The third-order valence-electron chi connectivity index (χ3n) is 4.30. The largest absolute Gasteiger partial charge is 0.356 e. The lowest BCUT2D eigenvalue weighted by atomic mass is 10.0. The van der Waals surface area contributed by atoms with Crippen LogP contribution in [0.3, 0.4) is 0 Å². The van der Waals surface area contributed by atoms with Gasteiger partial charge in [0.2, 0.25) is 17.7 Å². The van der Waals surface area contributed by atoms with Crippen LogP contribution in [0.4, 0.5) is 0 Å². The number of carbonyl (C=O) groups excluding carboxylic acids is 3. The molecule has 2 aliphatic rings. The Morgan fingerprint density at radius 1 is 1.27 bits per heavy atom. The van der Waals surface area contributed by atoms with Crippen molar-refractivity contribution in [3.05, 3.63) is 0 Å². The quantitative estimate of drug-likeness (QED) is 0.660. The van der Waals surface area contributed by atoms with Crippen molar-refractivity contribution in [3.8, 4) is 0 Å². The predicted octanol–water partition coefficient (Wildman–Crippen LogP) is -0.674. The number of hydrogen-bond acceptors (Lipinski definition) is 4. The summed E-state index contributed by atoms with van der Waals surface area (Å²) < 4.78 is 0. The molecule has 2 N–H and O–H groups in total. The van der Waals surface area contributed by atoms with E-state index in [1.54, 1.807) is 4.90 Å². The molecule has 7 heteroatoms. The highest BCUT2D eigenvalue weighted by Gasteiger charge is 2.31. The Kier molecular flexibility index (Phi) is 6.18. The van der Waals surface area contributed by atoms with Crippen LogP contribution in [0.25, 0.3) is 0 Å². The number of carbonyl (C=O) groups is 3. The number of nitrogens with zero attached hydrogens (tertiary/aromatic N) is 2. The summed E-state index contributed by atoms with van der Waals surface area (Å²) in [4.78, 5) is 38.7. The Morgan fingerprint density at radius 3 is 2.64 bits per heavy atom. The van der Waals surface area contributed by atoms with E-state index in [-0.39, 0.29) is 24.3 Å². The van der Waals surface area contributed by atoms with Gasteiger partial charge in [-0.1, -0.05) is 0 Å². The first-order valence-electron chi connectivity index (χ1n) is 8.10. The first-order valence-corrected chi connectivity index (χ1v) is 8.10. The van der Waals surface area contributed by atoms with E-state index < -0.39 is 0 Å². The zero-order valence-electron chi connectivity index (χ0n) is 13.3. The van der Waals surface area contributed by atoms with Gasteiger partial charge in [0.1, 0.15) is 0 Å². The van der Waals surface area contributed by atoms with Crippen LogP contribution >= 0.6 is 0 Å². The second kappa shape index (κ2) is 8.12. The van der Waals surface area contributed by atoms with E-state index in [0.717, 1.165) is 25.9 Å². The maximum absolute atomic E-state index is 12.3. The molecule has 0 radical (unpaired) electrons. The number of piperidine rings is 1. The topological polar surface area (TPSA) is 81.8 Å². The SMILES string of the molecule is CC(=O)NCCCC(=O)N1CCN(C2CCNCC2)C(=O)C1. The lowest BCUT2D eigenvalue weighted by molar-refractivity contribution is -0.147. The molecule has 0 bridgehead atoms. The van der Waals surface area contributed by atoms with Gasteiger partial charge in [0, 0.05) is 39.0 Å². The average molecular weight is 310 g/mol. The first kappa shape index (κ1) is 16.7. The van der Waals surface area contributed by atoms with Gasteiger partial charge in [0.05, 0.1) is 6.54 Å². The summed E-state index contributed by atoms with van der Waals surface area (Å²) in [6, 6.07) is 0.325. The minimum Gasteiger partial charge on any atom is -0.356 e. The lowest BCUT2D eigenvalue weighted by Gasteiger charge is -2.40. The van der Waals surface area contributed by atoms with Crippen LogP contribution in [-0.2, 0) is 14.4 Å². The van der Waals surface area contributed by atoms with Crippen molar-refractivity contribution in [2.45, 2.75) is 38.6 Å². The molecule has 2 heterocycles. The number of rotatable bonds is 5. The number of hydrogen-bond donors (Lipinski definition) is 2. The van der Waals surface area contributed by atoms with Crippen LogP contribution in [0.15, 0.2) is 0 Å². The minimum absolute atomic E-state index is 0.00339. The van der Waals surface area contributed by atoms with Gasteiger partial charge in [-0.25, -0.2) is 0 Å². The summed E-state index contributed by atoms with van der Waals surface area (Å²) in [6.07, 6.45) is 2.98. The van der Waals surface area contributed by atoms with Gasteiger partial charge >= 0.3 is 0 Å². The molecule has 0 spiro atoms. The summed E-state index contributed by atoms with van der Waals surface area (Å²) in [7, 11) is 0. The van der Waals surface area contributed by atoms with Gasteiger partial charge in [-0.2, -0.15) is 0 Å². The van der Waals surface area contributed by atoms with Crippen LogP contribution < -0.4 is 10.6 Å². The lowest BCUT2D eigenvalue weighted by Crippen LogP contribution is -2.57. The Morgan fingerprint density at radius 2 is 2.00 bits per heavy atom. The summed E-state index contributed by atoms with van der Waals surface area (Å²) in [5.74, 6) is -0.0183. The van der Waals surface area contributed by atoms with E-state index in [2.05, 4.69) is 10.6 Å². The van der Waals surface area contributed by atoms with E-state index in [1.165, 1.54) is 6.92 Å². The van der Waals surface area contributed by atoms with Gasteiger partial charge in [-0.15, -0.1) is 0 Å². The fourth-order valence-electron chi connectivity index (χ4n) is 3.07. The molecule has 0 unspecified atom stereocenters. The van der Waals surface area contributed by atoms with Crippen LogP contribution in [0.5, 0.6) is 0 Å². The molecule has 3 amide bonds. The maximum atomic E-state index is 12.3. The Hall–Kier alpha value is -1.63. The number of piperazine rings is 1. The molecule has 0 aromatic carbocycles. The maximum Gasteiger partial charge on any atom is 0.242 e. The highest BCUT2D eigenvalue weighted by atomic mass is 16.2. The summed E-state index contributed by atoms with van der Waals surface area (Å²) in [5.41, 5.74) is 0. The summed E-state index contributed by atoms with van der Waals surface area (Å²) >= 11 is 0. The van der Waals surface area contributed by atoms with Gasteiger partial charge in [-0.3, -0.25) is 14.4 Å². The first-order chi connectivity index (χ1) is 10.6. The average Bonchev–Trinajstić information content (AvgIpc) is 2.52. The molecule has 7 nitrogen and oxygen atoms in total. The molecule has 2 aliphatic heterocycles. The molecule has 0 aromatic heterocycles. The molecule has 0 aromatic rings. The summed E-state index contributed by atoms with van der Waals surface area (Å²) in [6.45, 7) is 5.34. The van der Waals surface area contributed by atoms with Crippen LogP contribution in [0.2, 0.25) is 0 Å². The van der Waals surface area contributed by atoms with Gasteiger partial charge < -0.3 is 20.4 Å². The fraction of sp³-hybridized carbons (Fsp3) is 0.800. The van der Waals surface area contributed by atoms with Gasteiger partial charge in [-0.05, 0) is 32.4 Å². The smallest absolute Gasteiger partial charge is 0.242 e. The van der Waals surface area contributed by atoms with Gasteiger partial charge in [0.25, 0.3) is 0 Å². The highest BCUT2D eigenvalue weighted by molar-refractivity contribution is 5.86. The molecule has 22 heavy (non-hydrogen) atoms. The third-order valence-corrected chi connectivity index (χ3v) is 4.30. The Labute approximate surface area is 131 Å². The standard InChI is InChI=1S/C15H26N4O3/c1-12(20)17-6-2-3-14(21)18-9-10-19(15(22)11-18)13-4-7-16-8-5-13/h13,16H,2-11H2,1H3,(H,17,20). The highest BCUT2D eigenvalue weighted by Crippen LogP contribution is 2.16. The van der Waals surface area contributed by atoms with E-state index in [4.69, 9.17) is 0 Å². The van der Waals surface area contributed by atoms with Crippen LogP contribution in [0, 0.1) is 0 Å². The van der Waals surface area contributed by atoms with Crippen molar-refractivity contribution < 1.29 is 14.4 Å². The molecule has 0 atom stereocenters. The van der Waals surface area contributed by atoms with E-state index >= 15 is 0 Å². The van der Waals surface area contributed by atoms with Crippen molar-refractivity contribution >= 4 is 17.7 Å². The number of nitrogens with one attached hydrogen (secondary N) is 2. The Balaban J connectivity index is 1.73. The molecular weight excluding hydrogens is 284 g/mol.